The molecule has 2 heterocycles. The first-order chi connectivity index (χ1) is 11.1. The first-order valence-corrected chi connectivity index (χ1v) is 7.83. The van der Waals surface area contributed by atoms with Gasteiger partial charge in [0.15, 0.2) is 17.3 Å². The molecule has 1 saturated heterocycles. The average Bonchev–Trinajstić information content (AvgIpc) is 2.70. The molecule has 23 heavy (non-hydrogen) atoms. The van der Waals surface area contributed by atoms with Crippen LogP contribution in [0.15, 0.2) is 0 Å². The summed E-state index contributed by atoms with van der Waals surface area (Å²) < 4.78 is 44.9. The van der Waals surface area contributed by atoms with Crippen molar-refractivity contribution in [2.75, 3.05) is 45.4 Å². The second-order valence-corrected chi connectivity index (χ2v) is 6.01. The number of piperazine rings is 1. The molecular weight excluding hydrogens is 330 g/mol. The van der Waals surface area contributed by atoms with Crippen molar-refractivity contribution >= 4 is 17.3 Å². The third-order valence-electron chi connectivity index (χ3n) is 4.23. The number of halogens is 3. The molecule has 2 aliphatic rings. The van der Waals surface area contributed by atoms with Crippen LogP contribution < -0.4 is 19.7 Å². The number of hydrogen-bond acceptors (Lipinski definition) is 5. The third-order valence-corrected chi connectivity index (χ3v) is 4.57. The van der Waals surface area contributed by atoms with Crippen molar-refractivity contribution in [1.29, 1.82) is 0 Å². The van der Waals surface area contributed by atoms with Crippen molar-refractivity contribution in [1.82, 2.24) is 5.32 Å². The highest BCUT2D eigenvalue weighted by molar-refractivity contribution is 6.34. The second-order valence-electron chi connectivity index (χ2n) is 5.64. The van der Waals surface area contributed by atoms with Gasteiger partial charge in [-0.25, -0.2) is 4.39 Å². The fourth-order valence-corrected chi connectivity index (χ4v) is 3.52. The molecule has 2 atom stereocenters. The molecule has 0 aliphatic carbocycles. The van der Waals surface area contributed by atoms with Crippen LogP contribution in [0.5, 0.6) is 11.5 Å². The Hall–Kier alpha value is -1.31. The van der Waals surface area contributed by atoms with Gasteiger partial charge in [0.1, 0.15) is 16.8 Å². The Morgan fingerprint density at radius 2 is 2.13 bits per heavy atom. The Labute approximate surface area is 138 Å². The van der Waals surface area contributed by atoms with Crippen molar-refractivity contribution in [3.8, 4) is 11.5 Å². The minimum absolute atomic E-state index is 0.0245. The Bertz CT molecular complexity index is 603. The lowest BCUT2D eigenvalue weighted by Gasteiger charge is -2.37. The lowest BCUT2D eigenvalue weighted by Crippen LogP contribution is -2.52. The maximum Gasteiger partial charge on any atom is 0.204 e. The molecule has 0 amide bonds. The van der Waals surface area contributed by atoms with E-state index < -0.39 is 11.6 Å². The number of nitrogens with one attached hydrogen (secondary N) is 1. The number of methoxy groups -OCH3 is 2. The highest BCUT2D eigenvalue weighted by Gasteiger charge is 2.38. The van der Waals surface area contributed by atoms with Gasteiger partial charge in [-0.3, -0.25) is 0 Å². The van der Waals surface area contributed by atoms with Gasteiger partial charge in [-0.15, -0.1) is 0 Å². The zero-order valence-corrected chi connectivity index (χ0v) is 13.8. The van der Waals surface area contributed by atoms with Crippen molar-refractivity contribution in [2.24, 2.45) is 0 Å². The summed E-state index contributed by atoms with van der Waals surface area (Å²) in [5.74, 6) is -2.31. The van der Waals surface area contributed by atoms with E-state index in [1.54, 1.807) is 7.11 Å². The first-order valence-electron chi connectivity index (χ1n) is 7.45. The molecule has 1 aromatic rings. The van der Waals surface area contributed by atoms with Gasteiger partial charge in [-0.1, -0.05) is 11.6 Å². The molecule has 0 aromatic heterocycles. The van der Waals surface area contributed by atoms with Crippen LogP contribution in [0, 0.1) is 11.6 Å². The van der Waals surface area contributed by atoms with Crippen LogP contribution in [0.2, 0.25) is 5.02 Å². The molecule has 5 nitrogen and oxygen atoms in total. The maximum atomic E-state index is 14.7. The lowest BCUT2D eigenvalue weighted by molar-refractivity contribution is 0.0743. The molecule has 0 radical (unpaired) electrons. The minimum Gasteiger partial charge on any atom is -0.492 e. The Morgan fingerprint density at radius 1 is 1.35 bits per heavy atom. The van der Waals surface area contributed by atoms with Gasteiger partial charge >= 0.3 is 0 Å². The third kappa shape index (κ3) is 2.81. The topological polar surface area (TPSA) is 43.0 Å². The maximum absolute atomic E-state index is 14.7. The highest BCUT2D eigenvalue weighted by Crippen LogP contribution is 2.48. The second kappa shape index (κ2) is 6.67. The van der Waals surface area contributed by atoms with Gasteiger partial charge in [-0.2, -0.15) is 4.39 Å². The summed E-state index contributed by atoms with van der Waals surface area (Å²) in [5.41, 5.74) is 0.0680. The van der Waals surface area contributed by atoms with E-state index in [2.05, 4.69) is 5.32 Å². The van der Waals surface area contributed by atoms with Crippen molar-refractivity contribution < 1.29 is 23.0 Å². The summed E-state index contributed by atoms with van der Waals surface area (Å²) in [4.78, 5) is 1.82. The number of benzene rings is 1. The number of fused-ring (bicyclic) bond motifs is 3. The predicted octanol–water partition coefficient (Wildman–Crippen LogP) is 2.20. The monoisotopic (exact) mass is 348 g/mol. The molecule has 0 bridgehead atoms. The molecule has 1 aromatic carbocycles. The highest BCUT2D eigenvalue weighted by atomic mass is 35.5. The number of anilines is 1. The first kappa shape index (κ1) is 16.5. The number of ether oxygens (including phenoxy) is 3. The predicted molar refractivity (Wildman–Crippen MR) is 82.8 cm³/mol. The standard InChI is InChI=1S/C15H19ClF2N2O3/c1-21-7-9-5-8-6-19-3-4-20(8)13-11(17)12(18)14(22-2)10(16)15(13)23-9/h8-9,19H,3-7H2,1-2H3/t8-,9+/m1/s1. The van der Waals surface area contributed by atoms with Crippen molar-refractivity contribution in [2.45, 2.75) is 18.6 Å². The van der Waals surface area contributed by atoms with Crippen molar-refractivity contribution in [3.63, 3.8) is 0 Å². The quantitative estimate of drug-likeness (QED) is 0.848. The van der Waals surface area contributed by atoms with Crippen LogP contribution in [0.1, 0.15) is 6.42 Å². The molecule has 3 rings (SSSR count). The molecular formula is C15H19ClF2N2O3. The zero-order valence-electron chi connectivity index (χ0n) is 13.0. The van der Waals surface area contributed by atoms with Crippen LogP contribution in [0.3, 0.4) is 0 Å². The lowest BCUT2D eigenvalue weighted by atomic mass is 10.1. The molecule has 2 aliphatic heterocycles. The summed E-state index contributed by atoms with van der Waals surface area (Å²) in [6.45, 7) is 2.21. The van der Waals surface area contributed by atoms with E-state index in [-0.39, 0.29) is 34.4 Å². The Kier molecular flexibility index (Phi) is 4.79. The van der Waals surface area contributed by atoms with E-state index in [0.29, 0.717) is 32.7 Å². The van der Waals surface area contributed by atoms with Crippen LogP contribution in [-0.2, 0) is 4.74 Å². The van der Waals surface area contributed by atoms with Gasteiger partial charge in [0.05, 0.1) is 13.7 Å². The molecule has 1 N–H and O–H groups in total. The van der Waals surface area contributed by atoms with Crippen LogP contribution >= 0.6 is 11.6 Å². The van der Waals surface area contributed by atoms with Crippen LogP contribution in [-0.4, -0.2) is 52.6 Å². The number of nitrogens with zero attached hydrogens (tertiary/aromatic N) is 1. The van der Waals surface area contributed by atoms with Gasteiger partial charge in [-0.05, 0) is 0 Å². The molecule has 0 spiro atoms. The summed E-state index contributed by atoms with van der Waals surface area (Å²) >= 11 is 6.23. The summed E-state index contributed by atoms with van der Waals surface area (Å²) in [6.07, 6.45) is 0.315. The van der Waals surface area contributed by atoms with Gasteiger partial charge in [0.25, 0.3) is 0 Å². The van der Waals surface area contributed by atoms with E-state index >= 15 is 0 Å². The smallest absolute Gasteiger partial charge is 0.204 e. The molecule has 0 saturated carbocycles. The summed E-state index contributed by atoms with van der Waals surface area (Å²) in [7, 11) is 2.81. The van der Waals surface area contributed by atoms with Crippen LogP contribution in [0.25, 0.3) is 0 Å². The average molecular weight is 349 g/mol. The minimum atomic E-state index is -1.10. The van der Waals surface area contributed by atoms with Crippen molar-refractivity contribution in [3.05, 3.63) is 16.7 Å². The fraction of sp³-hybridized carbons (Fsp3) is 0.600. The Balaban J connectivity index is 2.16. The fourth-order valence-electron chi connectivity index (χ4n) is 3.22. The van der Waals surface area contributed by atoms with Gasteiger partial charge in [0.2, 0.25) is 5.82 Å². The molecule has 8 heteroatoms. The van der Waals surface area contributed by atoms with E-state index in [1.165, 1.54) is 7.11 Å². The van der Waals surface area contributed by atoms with E-state index in [1.807, 2.05) is 4.90 Å². The van der Waals surface area contributed by atoms with Crippen LogP contribution in [0.4, 0.5) is 14.5 Å². The molecule has 1 fully saturated rings. The summed E-state index contributed by atoms with van der Waals surface area (Å²) in [6, 6.07) is -0.0245. The largest absolute Gasteiger partial charge is 0.492 e. The van der Waals surface area contributed by atoms with E-state index in [0.717, 1.165) is 0 Å². The van der Waals surface area contributed by atoms with E-state index in [4.69, 9.17) is 25.8 Å². The SMILES string of the molecule is COC[C@@H]1C[C@@H]2CNCCN2c2c(F)c(F)c(OC)c(Cl)c2O1. The van der Waals surface area contributed by atoms with E-state index in [9.17, 15) is 8.78 Å². The zero-order chi connectivity index (χ0) is 16.6. The number of rotatable bonds is 3. The number of hydrogen-bond donors (Lipinski definition) is 1. The molecule has 128 valence electrons. The molecule has 0 unspecified atom stereocenters. The van der Waals surface area contributed by atoms with Gasteiger partial charge < -0.3 is 24.4 Å². The van der Waals surface area contributed by atoms with Gasteiger partial charge in [0, 0.05) is 39.2 Å². The Morgan fingerprint density at radius 3 is 2.83 bits per heavy atom. The summed E-state index contributed by atoms with van der Waals surface area (Å²) in [5, 5.41) is 3.21. The normalized spacial score (nSPS) is 23.6.